The van der Waals surface area contributed by atoms with E-state index in [4.69, 9.17) is 0 Å². The van der Waals surface area contributed by atoms with Crippen LogP contribution in [0.3, 0.4) is 0 Å². The van der Waals surface area contributed by atoms with E-state index in [0.29, 0.717) is 0 Å². The molecule has 8 nitrogen and oxygen atoms in total. The molecule has 0 radical (unpaired) electrons. The van der Waals surface area contributed by atoms with E-state index in [1.54, 1.807) is 24.3 Å². The van der Waals surface area contributed by atoms with Crippen molar-refractivity contribution in [1.29, 1.82) is 0 Å². The molecule has 1 aliphatic rings. The topological polar surface area (TPSA) is 144 Å². The fourth-order valence-corrected chi connectivity index (χ4v) is 9.87. The van der Waals surface area contributed by atoms with Crippen LogP contribution in [-0.2, 0) is 12.8 Å². The van der Waals surface area contributed by atoms with Crippen molar-refractivity contribution < 1.29 is 20.4 Å². The summed E-state index contributed by atoms with van der Waals surface area (Å²) in [4.78, 5) is 14.0. The van der Waals surface area contributed by atoms with Crippen molar-refractivity contribution in [3.8, 4) is 23.0 Å². The summed E-state index contributed by atoms with van der Waals surface area (Å²) in [6, 6.07) is 30.6. The third-order valence-corrected chi connectivity index (χ3v) is 12.2. The molecule has 0 amide bonds. The van der Waals surface area contributed by atoms with Crippen molar-refractivity contribution in [3.63, 3.8) is 0 Å². The fraction of sp³-hybridized carbons (Fsp3) is 0.125. The van der Waals surface area contributed by atoms with Crippen LogP contribution in [0, 0.1) is 0 Å². The van der Waals surface area contributed by atoms with Gasteiger partial charge < -0.3 is 40.4 Å². The lowest BCUT2D eigenvalue weighted by Gasteiger charge is -2.33. The first-order valence-electron chi connectivity index (χ1n) is 19.2. The molecule has 0 saturated heterocycles. The van der Waals surface area contributed by atoms with Crippen LogP contribution in [-0.4, -0.2) is 40.4 Å². The van der Waals surface area contributed by atoms with Crippen LogP contribution in [0.2, 0.25) is 0 Å². The molecular formula is C48H38N4O4. The minimum atomic E-state index is -0.263. The minimum Gasteiger partial charge on any atom is -0.508 e. The summed E-state index contributed by atoms with van der Waals surface area (Å²) in [7, 11) is 0. The average molecular weight is 735 g/mol. The van der Waals surface area contributed by atoms with E-state index >= 15 is 0 Å². The molecule has 11 rings (SSSR count). The lowest BCUT2D eigenvalue weighted by molar-refractivity contribution is 0.475. The molecule has 8 heteroatoms. The second kappa shape index (κ2) is 12.2. The molecule has 0 saturated carbocycles. The zero-order valence-electron chi connectivity index (χ0n) is 30.3. The molecule has 0 bridgehead atoms. The van der Waals surface area contributed by atoms with Crippen molar-refractivity contribution >= 4 is 54.4 Å². The van der Waals surface area contributed by atoms with Crippen molar-refractivity contribution in [2.24, 2.45) is 0 Å². The number of aromatic amines is 4. The van der Waals surface area contributed by atoms with E-state index in [1.165, 1.54) is 22.3 Å². The number of hydrogen-bond acceptors (Lipinski definition) is 4. The molecule has 8 N–H and O–H groups in total. The number of fused-ring (bicyclic) bond motifs is 6. The number of H-pyrrole nitrogens is 4. The molecule has 6 aromatic carbocycles. The van der Waals surface area contributed by atoms with Gasteiger partial charge in [0.2, 0.25) is 0 Å². The molecule has 4 heterocycles. The normalized spacial score (nSPS) is 13.3. The van der Waals surface area contributed by atoms with E-state index in [9.17, 15) is 20.4 Å². The van der Waals surface area contributed by atoms with Crippen LogP contribution in [0.15, 0.2) is 122 Å². The second-order valence-corrected chi connectivity index (χ2v) is 15.3. The highest BCUT2D eigenvalue weighted by atomic mass is 16.3. The molecule has 10 aromatic rings. The predicted molar refractivity (Wildman–Crippen MR) is 222 cm³/mol. The first-order valence-corrected chi connectivity index (χ1v) is 19.2. The molecule has 0 fully saturated rings. The zero-order chi connectivity index (χ0) is 37.7. The fourth-order valence-electron chi connectivity index (χ4n) is 9.87. The molecule has 4 aromatic heterocycles. The summed E-state index contributed by atoms with van der Waals surface area (Å²) in [5.41, 5.74) is 13.0. The number of aromatic nitrogens is 4. The molecule has 56 heavy (non-hydrogen) atoms. The summed E-state index contributed by atoms with van der Waals surface area (Å²) in [6.45, 7) is 0. The Hall–Kier alpha value is -7.06. The van der Waals surface area contributed by atoms with Crippen LogP contribution in [0.1, 0.15) is 69.2 Å². The van der Waals surface area contributed by atoms with Crippen LogP contribution < -0.4 is 0 Å². The smallest absolute Gasteiger partial charge is 0.116 e. The molecule has 1 aliphatic carbocycles. The summed E-state index contributed by atoms with van der Waals surface area (Å²) >= 11 is 0. The highest BCUT2D eigenvalue weighted by Crippen LogP contribution is 2.51. The summed E-state index contributed by atoms with van der Waals surface area (Å²) in [5, 5.41) is 49.2. The number of phenolic OH excluding ortho intramolecular Hbond substituents is 4. The monoisotopic (exact) mass is 734 g/mol. The van der Waals surface area contributed by atoms with Crippen LogP contribution >= 0.6 is 0 Å². The second-order valence-electron chi connectivity index (χ2n) is 15.3. The van der Waals surface area contributed by atoms with Crippen LogP contribution in [0.25, 0.3) is 54.4 Å². The Morgan fingerprint density at radius 3 is 0.982 bits per heavy atom. The van der Waals surface area contributed by atoms with Gasteiger partial charge in [0.05, 0.1) is 0 Å². The first-order chi connectivity index (χ1) is 27.4. The van der Waals surface area contributed by atoms with Gasteiger partial charge in [0.15, 0.2) is 0 Å². The van der Waals surface area contributed by atoms with E-state index in [2.05, 4.69) is 69.0 Å². The molecule has 0 unspecified atom stereocenters. The van der Waals surface area contributed by atoms with Crippen molar-refractivity contribution in [3.05, 3.63) is 166 Å². The maximum atomic E-state index is 10.8. The van der Waals surface area contributed by atoms with Gasteiger partial charge in [0.1, 0.15) is 23.0 Å². The first kappa shape index (κ1) is 32.4. The average Bonchev–Trinajstić information content (AvgIpc) is 4.02. The van der Waals surface area contributed by atoms with Gasteiger partial charge in [-0.3, -0.25) is 0 Å². The zero-order valence-corrected chi connectivity index (χ0v) is 30.3. The van der Waals surface area contributed by atoms with Crippen molar-refractivity contribution in [2.75, 3.05) is 0 Å². The molecule has 0 aliphatic heterocycles. The Morgan fingerprint density at radius 1 is 0.375 bits per heavy atom. The number of hydrogen-bond donors (Lipinski definition) is 8. The van der Waals surface area contributed by atoms with E-state index in [0.717, 1.165) is 102 Å². The van der Waals surface area contributed by atoms with Gasteiger partial charge in [0, 0.05) is 80.2 Å². The lowest BCUT2D eigenvalue weighted by Crippen LogP contribution is -2.17. The molecular weight excluding hydrogens is 697 g/mol. The minimum absolute atomic E-state index is 0.202. The Labute approximate surface area is 320 Å². The van der Waals surface area contributed by atoms with Gasteiger partial charge >= 0.3 is 0 Å². The maximum absolute atomic E-state index is 10.8. The Morgan fingerprint density at radius 2 is 0.679 bits per heavy atom. The summed E-state index contributed by atoms with van der Waals surface area (Å²) in [6.07, 6.45) is 12.2. The summed E-state index contributed by atoms with van der Waals surface area (Å²) < 4.78 is 0. The largest absolute Gasteiger partial charge is 0.508 e. The van der Waals surface area contributed by atoms with Gasteiger partial charge in [-0.2, -0.15) is 0 Å². The van der Waals surface area contributed by atoms with Gasteiger partial charge in [-0.05, 0) is 154 Å². The van der Waals surface area contributed by atoms with E-state index in [1.807, 2.05) is 48.5 Å². The Kier molecular flexibility index (Phi) is 7.07. The van der Waals surface area contributed by atoms with Crippen molar-refractivity contribution in [2.45, 2.75) is 37.5 Å². The standard InChI is InChI=1S/C48H38N4O4/c53-25-9-13-41-33(17-25)37(21-49-41)47(38-22-50-42-14-10-26(54)18-34(38)42)45-29-5-1-2-6-30(29)46(32-8-4-3-7-31(32)45)48(39-23-51-43-15-11-27(55)19-35(39)43)40-24-52-44-16-12-28(56)20-36(40)44/h1-2,5-6,9-24,47-56H,3-4,7-8H2. The van der Waals surface area contributed by atoms with Crippen molar-refractivity contribution in [1.82, 2.24) is 19.9 Å². The number of rotatable bonds is 6. The Balaban J connectivity index is 1.28. The quantitative estimate of drug-likeness (QED) is 0.0860. The van der Waals surface area contributed by atoms with E-state index in [-0.39, 0.29) is 34.8 Å². The number of phenols is 4. The maximum Gasteiger partial charge on any atom is 0.116 e. The highest BCUT2D eigenvalue weighted by Gasteiger charge is 2.35. The number of nitrogens with one attached hydrogen (secondary N) is 4. The van der Waals surface area contributed by atoms with Gasteiger partial charge in [-0.15, -0.1) is 0 Å². The number of benzene rings is 6. The number of aromatic hydroxyl groups is 4. The lowest BCUT2D eigenvalue weighted by atomic mass is 9.70. The highest BCUT2D eigenvalue weighted by molar-refractivity contribution is 5.99. The third kappa shape index (κ3) is 4.85. The van der Waals surface area contributed by atoms with Gasteiger partial charge in [-0.25, -0.2) is 0 Å². The SMILES string of the molecule is Oc1ccc2[nH]cc(C(c3c[nH]c4ccc(O)cc34)c3c4c(c(C(c5c[nH]c6ccc(O)cc56)c5c[nH]c6ccc(O)cc56)c5ccccc35)CCCC4)c2c1. The predicted octanol–water partition coefficient (Wildman–Crippen LogP) is 10.8. The summed E-state index contributed by atoms with van der Waals surface area (Å²) in [5.74, 6) is 0.281. The Bertz CT molecular complexity index is 2810. The van der Waals surface area contributed by atoms with Crippen LogP contribution in [0.4, 0.5) is 0 Å². The van der Waals surface area contributed by atoms with Gasteiger partial charge in [0.25, 0.3) is 0 Å². The third-order valence-electron chi connectivity index (χ3n) is 12.2. The van der Waals surface area contributed by atoms with Crippen LogP contribution in [0.5, 0.6) is 23.0 Å². The van der Waals surface area contributed by atoms with Gasteiger partial charge in [-0.1, -0.05) is 24.3 Å². The molecule has 274 valence electrons. The molecule has 0 atom stereocenters. The molecule has 0 spiro atoms. The van der Waals surface area contributed by atoms with E-state index < -0.39 is 0 Å².